The van der Waals surface area contributed by atoms with E-state index < -0.39 is 6.36 Å². The fourth-order valence-electron chi connectivity index (χ4n) is 1.93. The predicted molar refractivity (Wildman–Crippen MR) is 78.7 cm³/mol. The third-order valence-corrected chi connectivity index (χ3v) is 3.29. The van der Waals surface area contributed by atoms with Gasteiger partial charge in [-0.05, 0) is 25.1 Å². The van der Waals surface area contributed by atoms with Gasteiger partial charge in [-0.15, -0.1) is 13.2 Å². The molecule has 0 aromatic heterocycles. The van der Waals surface area contributed by atoms with Crippen molar-refractivity contribution in [2.45, 2.75) is 77.0 Å². The summed E-state index contributed by atoms with van der Waals surface area (Å²) in [5, 5.41) is 8.46. The lowest BCUT2D eigenvalue weighted by Crippen LogP contribution is -2.16. The van der Waals surface area contributed by atoms with Crippen LogP contribution >= 0.6 is 12.2 Å². The number of alkyl halides is 3. The Kier molecular flexibility index (Phi) is 13.0. The molecule has 0 aliphatic carbocycles. The van der Waals surface area contributed by atoms with E-state index in [0.717, 1.165) is 38.5 Å². The Morgan fingerprint density at radius 2 is 1.24 bits per heavy atom. The van der Waals surface area contributed by atoms with E-state index >= 15 is 0 Å². The minimum Gasteiger partial charge on any atom is -0.396 e. The van der Waals surface area contributed by atoms with Crippen molar-refractivity contribution in [1.29, 1.82) is 0 Å². The van der Waals surface area contributed by atoms with Crippen LogP contribution < -0.4 is 0 Å². The summed E-state index contributed by atoms with van der Waals surface area (Å²) in [7, 11) is 0. The molecule has 0 aromatic rings. The summed E-state index contributed by atoms with van der Waals surface area (Å²) in [5.41, 5.74) is 0. The highest BCUT2D eigenvalue weighted by atomic mass is 32.1. The van der Waals surface area contributed by atoms with Gasteiger partial charge in [0.05, 0.1) is 0 Å². The van der Waals surface area contributed by atoms with E-state index in [1.807, 2.05) is 0 Å². The molecule has 0 saturated heterocycles. The Morgan fingerprint density at radius 1 is 0.810 bits per heavy atom. The number of unbranched alkanes of at least 4 members (excludes halogenated alkanes) is 9. The molecule has 0 bridgehead atoms. The number of aliphatic hydroxyl groups excluding tert-OH is 1. The lowest BCUT2D eigenvalue weighted by Gasteiger charge is -2.07. The number of rotatable bonds is 13. The Labute approximate surface area is 129 Å². The molecule has 126 valence electrons. The summed E-state index contributed by atoms with van der Waals surface area (Å²) in [6.45, 7) is 0.277. The van der Waals surface area contributed by atoms with Crippen LogP contribution in [0, 0.1) is 0 Å². The minimum absolute atomic E-state index is 0.156. The highest BCUT2D eigenvalue weighted by molar-refractivity contribution is 7.80. The van der Waals surface area contributed by atoms with Crippen molar-refractivity contribution >= 4 is 17.3 Å². The molecule has 0 saturated carbocycles. The molecule has 1 N–H and O–H groups in total. The molecule has 0 aromatic carbocycles. The maximum Gasteiger partial charge on any atom is 0.558 e. The van der Waals surface area contributed by atoms with E-state index in [0.29, 0.717) is 6.42 Å². The third kappa shape index (κ3) is 17.5. The van der Waals surface area contributed by atoms with Crippen molar-refractivity contribution in [2.24, 2.45) is 0 Å². The molecule has 0 spiro atoms. The van der Waals surface area contributed by atoms with Crippen LogP contribution in [0.15, 0.2) is 0 Å². The molecular formula is C14H25F3O3S. The first kappa shape index (κ1) is 20.6. The summed E-state index contributed by atoms with van der Waals surface area (Å²) in [4.78, 5) is 7.17. The molecule has 0 heterocycles. The molecule has 0 atom stereocenters. The normalized spacial score (nSPS) is 11.6. The lowest BCUT2D eigenvalue weighted by atomic mass is 10.1. The van der Waals surface area contributed by atoms with Gasteiger partial charge >= 0.3 is 6.36 Å². The zero-order chi connectivity index (χ0) is 16.0. The Hall–Kier alpha value is -0.400. The minimum atomic E-state index is -4.80. The summed E-state index contributed by atoms with van der Waals surface area (Å²) in [6.07, 6.45) is 6.08. The maximum atomic E-state index is 11.7. The second-order valence-corrected chi connectivity index (χ2v) is 5.45. The summed E-state index contributed by atoms with van der Waals surface area (Å²) < 4.78 is 35.0. The third-order valence-electron chi connectivity index (χ3n) is 3.02. The Bertz CT molecular complexity index is 260. The molecule has 21 heavy (non-hydrogen) atoms. The van der Waals surface area contributed by atoms with Crippen molar-refractivity contribution in [3.8, 4) is 0 Å². The van der Waals surface area contributed by atoms with E-state index in [1.165, 1.54) is 25.7 Å². The average molecular weight is 330 g/mol. The molecular weight excluding hydrogens is 305 g/mol. The highest BCUT2D eigenvalue weighted by Gasteiger charge is 2.32. The van der Waals surface area contributed by atoms with Crippen LogP contribution in [0.3, 0.4) is 0 Å². The van der Waals surface area contributed by atoms with E-state index in [9.17, 15) is 13.2 Å². The molecule has 0 rings (SSSR count). The highest BCUT2D eigenvalue weighted by Crippen LogP contribution is 2.17. The maximum absolute atomic E-state index is 11.7. The smallest absolute Gasteiger partial charge is 0.396 e. The molecule has 0 unspecified atom stereocenters. The zero-order valence-electron chi connectivity index (χ0n) is 12.3. The summed E-state index contributed by atoms with van der Waals surface area (Å²) in [5.74, 6) is 0. The van der Waals surface area contributed by atoms with Gasteiger partial charge in [0.15, 0.2) is 0 Å². The SMILES string of the molecule is OCCCCCCCCCCCCC(=S)OOC(F)(F)F. The zero-order valence-corrected chi connectivity index (χ0v) is 13.1. The number of aliphatic hydroxyl groups is 1. The lowest BCUT2D eigenvalue weighted by molar-refractivity contribution is -0.452. The van der Waals surface area contributed by atoms with Gasteiger partial charge in [-0.2, -0.15) is 0 Å². The van der Waals surface area contributed by atoms with Crippen LogP contribution in [0.4, 0.5) is 13.2 Å². The number of hydrogen-bond acceptors (Lipinski definition) is 4. The predicted octanol–water partition coefficient (Wildman–Crippen LogP) is 5.07. The molecule has 7 heteroatoms. The van der Waals surface area contributed by atoms with Gasteiger partial charge in [-0.25, -0.2) is 0 Å². The Morgan fingerprint density at radius 3 is 1.67 bits per heavy atom. The van der Waals surface area contributed by atoms with Crippen LogP contribution in [0.1, 0.15) is 70.6 Å². The van der Waals surface area contributed by atoms with Crippen LogP contribution in [0.25, 0.3) is 0 Å². The van der Waals surface area contributed by atoms with Crippen molar-refractivity contribution < 1.29 is 28.1 Å². The van der Waals surface area contributed by atoms with Gasteiger partial charge in [-0.3, -0.25) is 0 Å². The molecule has 0 radical (unpaired) electrons. The van der Waals surface area contributed by atoms with Crippen LogP contribution in [-0.4, -0.2) is 23.1 Å². The summed E-state index contributed by atoms with van der Waals surface area (Å²) in [6, 6.07) is 0. The fraction of sp³-hybridized carbons (Fsp3) is 0.929. The van der Waals surface area contributed by atoms with Crippen LogP contribution in [-0.2, 0) is 9.78 Å². The van der Waals surface area contributed by atoms with E-state index in [2.05, 4.69) is 22.0 Å². The monoisotopic (exact) mass is 330 g/mol. The number of hydrogen-bond donors (Lipinski definition) is 1. The molecule has 3 nitrogen and oxygen atoms in total. The molecule has 0 aliphatic rings. The van der Waals surface area contributed by atoms with Crippen molar-refractivity contribution in [3.05, 3.63) is 0 Å². The van der Waals surface area contributed by atoms with Gasteiger partial charge in [0.2, 0.25) is 5.05 Å². The largest absolute Gasteiger partial charge is 0.558 e. The van der Waals surface area contributed by atoms with Gasteiger partial charge in [-0.1, -0.05) is 56.3 Å². The number of thiocarbonyl (C=S) groups is 1. The van der Waals surface area contributed by atoms with Crippen LogP contribution in [0.5, 0.6) is 0 Å². The molecule has 0 amide bonds. The van der Waals surface area contributed by atoms with Crippen molar-refractivity contribution in [2.75, 3.05) is 6.61 Å². The first-order chi connectivity index (χ1) is 9.95. The fourth-order valence-corrected chi connectivity index (χ4v) is 2.11. The van der Waals surface area contributed by atoms with Gasteiger partial charge < -0.3 is 9.99 Å². The topological polar surface area (TPSA) is 38.7 Å². The first-order valence-corrected chi connectivity index (χ1v) is 7.92. The van der Waals surface area contributed by atoms with Gasteiger partial charge in [0.25, 0.3) is 0 Å². The van der Waals surface area contributed by atoms with E-state index in [-0.39, 0.29) is 11.7 Å². The second kappa shape index (κ2) is 13.3. The average Bonchev–Trinajstić information content (AvgIpc) is 2.42. The second-order valence-electron chi connectivity index (χ2n) is 4.99. The van der Waals surface area contributed by atoms with Crippen LogP contribution in [0.2, 0.25) is 0 Å². The quantitative estimate of drug-likeness (QED) is 0.222. The van der Waals surface area contributed by atoms with E-state index in [1.54, 1.807) is 0 Å². The molecule has 0 aliphatic heterocycles. The first-order valence-electron chi connectivity index (χ1n) is 7.52. The van der Waals surface area contributed by atoms with Gasteiger partial charge in [0, 0.05) is 13.0 Å². The van der Waals surface area contributed by atoms with Crippen molar-refractivity contribution in [3.63, 3.8) is 0 Å². The standard InChI is InChI=1S/C14H25F3O3S/c15-14(16,17)20-19-13(21)11-9-7-5-3-1-2-4-6-8-10-12-18/h18H,1-12H2. The van der Waals surface area contributed by atoms with E-state index in [4.69, 9.17) is 5.11 Å². The summed E-state index contributed by atoms with van der Waals surface area (Å²) >= 11 is 4.63. The van der Waals surface area contributed by atoms with Crippen molar-refractivity contribution in [1.82, 2.24) is 0 Å². The Balaban J connectivity index is 3.20. The molecule has 0 fully saturated rings. The number of halogens is 3. The van der Waals surface area contributed by atoms with Gasteiger partial charge in [0.1, 0.15) is 0 Å².